The lowest BCUT2D eigenvalue weighted by Crippen LogP contribution is -2.27. The highest BCUT2D eigenvalue weighted by Gasteiger charge is 2.11. The molecule has 0 aliphatic carbocycles. The minimum Gasteiger partial charge on any atom is -0.348 e. The van der Waals surface area contributed by atoms with Crippen molar-refractivity contribution in [3.63, 3.8) is 0 Å². The summed E-state index contributed by atoms with van der Waals surface area (Å²) >= 11 is 13.4. The van der Waals surface area contributed by atoms with Gasteiger partial charge in [0.15, 0.2) is 0 Å². The van der Waals surface area contributed by atoms with Crippen LogP contribution in [0.5, 0.6) is 0 Å². The Hall–Kier alpha value is -1.03. The molecule has 0 fully saturated rings. The largest absolute Gasteiger partial charge is 0.348 e. The second-order valence-electron chi connectivity index (χ2n) is 4.23. The molecular formula is C14H13Cl2NOS. The van der Waals surface area contributed by atoms with Crippen molar-refractivity contribution >= 4 is 40.4 Å². The summed E-state index contributed by atoms with van der Waals surface area (Å²) in [7, 11) is 0. The molecule has 0 aliphatic heterocycles. The van der Waals surface area contributed by atoms with Crippen molar-refractivity contribution < 1.29 is 4.79 Å². The van der Waals surface area contributed by atoms with Gasteiger partial charge in [-0.2, -0.15) is 0 Å². The third-order valence-electron chi connectivity index (χ3n) is 2.70. The van der Waals surface area contributed by atoms with Gasteiger partial charge in [0, 0.05) is 4.88 Å². The van der Waals surface area contributed by atoms with Crippen LogP contribution in [0.15, 0.2) is 35.7 Å². The lowest BCUT2D eigenvalue weighted by atomic mass is 10.1. The highest BCUT2D eigenvalue weighted by atomic mass is 35.5. The van der Waals surface area contributed by atoms with Crippen LogP contribution >= 0.6 is 34.5 Å². The highest BCUT2D eigenvalue weighted by molar-refractivity contribution is 7.10. The Morgan fingerprint density at radius 1 is 1.32 bits per heavy atom. The zero-order chi connectivity index (χ0) is 13.8. The summed E-state index contributed by atoms with van der Waals surface area (Å²) in [5.74, 6) is -0.0284. The molecule has 0 saturated carbocycles. The molecule has 1 heterocycles. The van der Waals surface area contributed by atoms with Crippen molar-refractivity contribution in [1.29, 1.82) is 0 Å². The summed E-state index contributed by atoms with van der Waals surface area (Å²) in [4.78, 5) is 13.1. The molecule has 1 N–H and O–H groups in total. The fourth-order valence-corrected chi connectivity index (χ4v) is 2.79. The molecule has 2 nitrogen and oxygen atoms in total. The van der Waals surface area contributed by atoms with Crippen LogP contribution in [0.3, 0.4) is 0 Å². The van der Waals surface area contributed by atoms with Crippen LogP contribution < -0.4 is 5.32 Å². The molecule has 5 heteroatoms. The summed E-state index contributed by atoms with van der Waals surface area (Å²) in [6.07, 6.45) is 0.298. The Labute approximate surface area is 126 Å². The average Bonchev–Trinajstić information content (AvgIpc) is 2.87. The average molecular weight is 314 g/mol. The molecule has 1 aromatic carbocycles. The molecule has 0 spiro atoms. The zero-order valence-electron chi connectivity index (χ0n) is 10.3. The van der Waals surface area contributed by atoms with Gasteiger partial charge < -0.3 is 5.32 Å². The molecule has 0 aliphatic rings. The number of nitrogens with one attached hydrogen (secondary N) is 1. The van der Waals surface area contributed by atoms with Crippen LogP contribution in [0.25, 0.3) is 0 Å². The van der Waals surface area contributed by atoms with Crippen LogP contribution in [-0.4, -0.2) is 5.91 Å². The van der Waals surface area contributed by atoms with E-state index < -0.39 is 0 Å². The summed E-state index contributed by atoms with van der Waals surface area (Å²) in [5.41, 5.74) is 0.852. The van der Waals surface area contributed by atoms with E-state index in [9.17, 15) is 4.79 Å². The predicted octanol–water partition coefficient (Wildman–Crippen LogP) is 4.47. The Bertz CT molecular complexity index is 569. The number of hydrogen-bond acceptors (Lipinski definition) is 2. The van der Waals surface area contributed by atoms with E-state index in [4.69, 9.17) is 23.2 Å². The number of carbonyl (C=O) groups excluding carboxylic acids is 1. The number of carbonyl (C=O) groups is 1. The summed E-state index contributed by atoms with van der Waals surface area (Å²) in [6, 6.07) is 9.24. The second kappa shape index (κ2) is 6.42. The van der Waals surface area contributed by atoms with Gasteiger partial charge in [0.05, 0.1) is 22.5 Å². The molecule has 0 saturated heterocycles. The van der Waals surface area contributed by atoms with Gasteiger partial charge in [-0.25, -0.2) is 0 Å². The van der Waals surface area contributed by atoms with E-state index in [1.54, 1.807) is 23.5 Å². The Morgan fingerprint density at radius 2 is 2.11 bits per heavy atom. The van der Waals surface area contributed by atoms with Gasteiger partial charge in [-0.3, -0.25) is 4.79 Å². The van der Waals surface area contributed by atoms with Gasteiger partial charge in [-0.1, -0.05) is 35.3 Å². The summed E-state index contributed by atoms with van der Waals surface area (Å²) in [6.45, 7) is 1.97. The molecule has 0 radical (unpaired) electrons. The van der Waals surface area contributed by atoms with Crippen molar-refractivity contribution in [3.05, 3.63) is 56.2 Å². The zero-order valence-corrected chi connectivity index (χ0v) is 12.6. The molecule has 1 atom stereocenters. The molecule has 1 aromatic heterocycles. The van der Waals surface area contributed by atoms with Crippen LogP contribution in [0.4, 0.5) is 0 Å². The normalized spacial score (nSPS) is 12.2. The first-order valence-electron chi connectivity index (χ1n) is 5.83. The first-order valence-corrected chi connectivity index (χ1v) is 7.46. The van der Waals surface area contributed by atoms with E-state index in [0.29, 0.717) is 16.5 Å². The quantitative estimate of drug-likeness (QED) is 0.886. The Balaban J connectivity index is 1.95. The van der Waals surface area contributed by atoms with Crippen LogP contribution in [0.1, 0.15) is 23.4 Å². The number of thiophene rings is 1. The molecule has 1 unspecified atom stereocenters. The topological polar surface area (TPSA) is 29.1 Å². The van der Waals surface area contributed by atoms with Crippen LogP contribution in [0.2, 0.25) is 10.0 Å². The van der Waals surface area contributed by atoms with Gasteiger partial charge >= 0.3 is 0 Å². The fraction of sp³-hybridized carbons (Fsp3) is 0.214. The number of hydrogen-bond donors (Lipinski definition) is 1. The first-order chi connectivity index (χ1) is 9.06. The number of rotatable bonds is 4. The summed E-state index contributed by atoms with van der Waals surface area (Å²) in [5, 5.41) is 5.93. The van der Waals surface area contributed by atoms with Crippen molar-refractivity contribution in [2.24, 2.45) is 0 Å². The maximum atomic E-state index is 11.9. The third kappa shape index (κ3) is 3.96. The lowest BCUT2D eigenvalue weighted by molar-refractivity contribution is -0.121. The monoisotopic (exact) mass is 313 g/mol. The highest BCUT2D eigenvalue weighted by Crippen LogP contribution is 2.23. The molecule has 19 heavy (non-hydrogen) atoms. The Morgan fingerprint density at radius 3 is 2.74 bits per heavy atom. The molecule has 100 valence electrons. The maximum Gasteiger partial charge on any atom is 0.224 e. The number of halogens is 2. The van der Waals surface area contributed by atoms with Crippen molar-refractivity contribution in [2.75, 3.05) is 0 Å². The minimum absolute atomic E-state index is 0.0234. The van der Waals surface area contributed by atoms with Gasteiger partial charge in [0.2, 0.25) is 5.91 Å². The van der Waals surface area contributed by atoms with E-state index in [1.807, 2.05) is 30.5 Å². The second-order valence-corrected chi connectivity index (χ2v) is 6.02. The molecule has 2 rings (SSSR count). The number of benzene rings is 1. The standard InChI is InChI=1S/C14H13Cl2NOS/c1-9(13-3-2-6-19-13)17-14(18)8-10-4-5-11(15)12(16)7-10/h2-7,9H,8H2,1H3,(H,17,18). The minimum atomic E-state index is -0.0284. The molecule has 1 amide bonds. The van der Waals surface area contributed by atoms with E-state index in [0.717, 1.165) is 10.4 Å². The molecule has 2 aromatic rings. The summed E-state index contributed by atoms with van der Waals surface area (Å²) < 4.78 is 0. The SMILES string of the molecule is CC(NC(=O)Cc1ccc(Cl)c(Cl)c1)c1cccs1. The maximum absolute atomic E-state index is 11.9. The Kier molecular flexibility index (Phi) is 4.86. The van der Waals surface area contributed by atoms with Crippen molar-refractivity contribution in [3.8, 4) is 0 Å². The lowest BCUT2D eigenvalue weighted by Gasteiger charge is -2.12. The van der Waals surface area contributed by atoms with E-state index in [2.05, 4.69) is 5.32 Å². The van der Waals surface area contributed by atoms with Crippen molar-refractivity contribution in [1.82, 2.24) is 5.32 Å². The van der Waals surface area contributed by atoms with Gasteiger partial charge in [0.25, 0.3) is 0 Å². The van der Waals surface area contributed by atoms with Crippen molar-refractivity contribution in [2.45, 2.75) is 19.4 Å². The van der Waals surface area contributed by atoms with Crippen LogP contribution in [-0.2, 0) is 11.2 Å². The molecular weight excluding hydrogens is 301 g/mol. The van der Waals surface area contributed by atoms with E-state index in [-0.39, 0.29) is 11.9 Å². The fourth-order valence-electron chi connectivity index (χ4n) is 1.74. The van der Waals surface area contributed by atoms with E-state index >= 15 is 0 Å². The smallest absolute Gasteiger partial charge is 0.224 e. The van der Waals surface area contributed by atoms with Crippen LogP contribution in [0, 0.1) is 0 Å². The predicted molar refractivity (Wildman–Crippen MR) is 81.0 cm³/mol. The number of amides is 1. The van der Waals surface area contributed by atoms with Gasteiger partial charge in [-0.05, 0) is 36.1 Å². The molecule has 0 bridgehead atoms. The van der Waals surface area contributed by atoms with Gasteiger partial charge in [-0.15, -0.1) is 11.3 Å². The van der Waals surface area contributed by atoms with Gasteiger partial charge in [0.1, 0.15) is 0 Å². The van der Waals surface area contributed by atoms with E-state index in [1.165, 1.54) is 0 Å². The first kappa shape index (κ1) is 14.4. The third-order valence-corrected chi connectivity index (χ3v) is 4.49.